The topological polar surface area (TPSA) is 43.7 Å². The van der Waals surface area contributed by atoms with Gasteiger partial charge in [-0.15, -0.1) is 12.4 Å². The number of halogens is 1. The van der Waals surface area contributed by atoms with E-state index in [9.17, 15) is 10.2 Å². The molecule has 0 fully saturated rings. The SMILES string of the molecule is CN(c1ccc(-c2ccccc2)c2ccccc12)C(C)(CO)CO.Cl. The van der Waals surface area contributed by atoms with Crippen LogP contribution in [0.25, 0.3) is 21.9 Å². The van der Waals surface area contributed by atoms with E-state index >= 15 is 0 Å². The molecule has 0 amide bonds. The third-order valence-electron chi connectivity index (χ3n) is 4.84. The van der Waals surface area contributed by atoms with Gasteiger partial charge in [0.2, 0.25) is 0 Å². The zero-order valence-corrected chi connectivity index (χ0v) is 15.3. The number of likely N-dealkylation sites (N-methyl/N-ethyl adjacent to an activating group) is 1. The number of anilines is 1. The fourth-order valence-electron chi connectivity index (χ4n) is 3.00. The Kier molecular flexibility index (Phi) is 6.07. The van der Waals surface area contributed by atoms with Crippen molar-refractivity contribution in [3.05, 3.63) is 66.7 Å². The Morgan fingerprint density at radius 1 is 0.800 bits per heavy atom. The largest absolute Gasteiger partial charge is 0.394 e. The van der Waals surface area contributed by atoms with Crippen LogP contribution in [0.3, 0.4) is 0 Å². The lowest BCUT2D eigenvalue weighted by atomic mass is 9.95. The summed E-state index contributed by atoms with van der Waals surface area (Å²) in [6, 6.07) is 22.7. The molecule has 132 valence electrons. The van der Waals surface area contributed by atoms with Gasteiger partial charge in [-0.25, -0.2) is 0 Å². The molecule has 3 aromatic carbocycles. The van der Waals surface area contributed by atoms with Gasteiger partial charge in [-0.05, 0) is 29.5 Å². The Bertz CT molecular complexity index is 832. The second kappa shape index (κ2) is 7.87. The molecule has 0 saturated carbocycles. The molecule has 0 radical (unpaired) electrons. The minimum atomic E-state index is -0.711. The number of nitrogens with zero attached hydrogens (tertiary/aromatic N) is 1. The molecule has 3 rings (SSSR count). The summed E-state index contributed by atoms with van der Waals surface area (Å²) in [5.74, 6) is 0. The van der Waals surface area contributed by atoms with Gasteiger partial charge in [-0.3, -0.25) is 0 Å². The molecule has 3 aromatic rings. The summed E-state index contributed by atoms with van der Waals surface area (Å²) < 4.78 is 0. The van der Waals surface area contributed by atoms with Crippen molar-refractivity contribution in [3.63, 3.8) is 0 Å². The first-order valence-corrected chi connectivity index (χ1v) is 8.13. The van der Waals surface area contributed by atoms with E-state index in [0.717, 1.165) is 16.5 Å². The lowest BCUT2D eigenvalue weighted by molar-refractivity contribution is 0.130. The van der Waals surface area contributed by atoms with Gasteiger partial charge in [-0.1, -0.05) is 60.7 Å². The van der Waals surface area contributed by atoms with Crippen molar-refractivity contribution in [3.8, 4) is 11.1 Å². The monoisotopic (exact) mass is 357 g/mol. The van der Waals surface area contributed by atoms with Crippen LogP contribution in [-0.2, 0) is 0 Å². The van der Waals surface area contributed by atoms with Gasteiger partial charge < -0.3 is 15.1 Å². The van der Waals surface area contributed by atoms with E-state index in [4.69, 9.17) is 0 Å². The Hall–Kier alpha value is -2.07. The Balaban J connectivity index is 0.00000225. The fraction of sp³-hybridized carbons (Fsp3) is 0.238. The van der Waals surface area contributed by atoms with E-state index < -0.39 is 5.54 Å². The highest BCUT2D eigenvalue weighted by atomic mass is 35.5. The molecule has 0 spiro atoms. The van der Waals surface area contributed by atoms with Gasteiger partial charge in [0.25, 0.3) is 0 Å². The standard InChI is InChI=1S/C21H23NO2.ClH/c1-21(14-23,15-24)22(2)20-13-12-17(16-8-4-3-5-9-16)18-10-6-7-11-19(18)20;/h3-13,23-24H,14-15H2,1-2H3;1H. The maximum absolute atomic E-state index is 9.72. The van der Waals surface area contributed by atoms with Crippen LogP contribution in [0.5, 0.6) is 0 Å². The van der Waals surface area contributed by atoms with Crippen LogP contribution in [0.2, 0.25) is 0 Å². The highest BCUT2D eigenvalue weighted by molar-refractivity contribution is 6.03. The summed E-state index contributed by atoms with van der Waals surface area (Å²) in [6.45, 7) is 1.62. The van der Waals surface area contributed by atoms with Crippen LogP contribution in [0.1, 0.15) is 6.92 Å². The minimum Gasteiger partial charge on any atom is -0.394 e. The smallest absolute Gasteiger partial charge is 0.0831 e. The number of rotatable bonds is 5. The van der Waals surface area contributed by atoms with Crippen molar-refractivity contribution in [1.82, 2.24) is 0 Å². The molecular formula is C21H24ClNO2. The molecule has 0 aromatic heterocycles. The van der Waals surface area contributed by atoms with E-state index in [1.54, 1.807) is 0 Å². The summed E-state index contributed by atoms with van der Waals surface area (Å²) in [5.41, 5.74) is 2.64. The molecule has 0 saturated heterocycles. The molecule has 0 atom stereocenters. The van der Waals surface area contributed by atoms with E-state index in [0.29, 0.717) is 0 Å². The fourth-order valence-corrected chi connectivity index (χ4v) is 3.00. The lowest BCUT2D eigenvalue weighted by Crippen LogP contribution is -2.50. The predicted molar refractivity (Wildman–Crippen MR) is 108 cm³/mol. The number of hydrogen-bond acceptors (Lipinski definition) is 3. The molecule has 2 N–H and O–H groups in total. The molecule has 0 aliphatic heterocycles. The molecular weight excluding hydrogens is 334 g/mol. The number of hydrogen-bond donors (Lipinski definition) is 2. The van der Waals surface area contributed by atoms with Crippen LogP contribution in [0, 0.1) is 0 Å². The van der Waals surface area contributed by atoms with Gasteiger partial charge >= 0.3 is 0 Å². The van der Waals surface area contributed by atoms with Crippen LogP contribution < -0.4 is 4.90 Å². The summed E-state index contributed by atoms with van der Waals surface area (Å²) in [6.07, 6.45) is 0. The van der Waals surface area contributed by atoms with E-state index in [1.807, 2.05) is 49.2 Å². The van der Waals surface area contributed by atoms with Crippen LogP contribution >= 0.6 is 12.4 Å². The van der Waals surface area contributed by atoms with E-state index in [-0.39, 0.29) is 25.6 Å². The van der Waals surface area contributed by atoms with Gasteiger partial charge in [-0.2, -0.15) is 0 Å². The highest BCUT2D eigenvalue weighted by Crippen LogP contribution is 2.36. The number of benzene rings is 3. The van der Waals surface area contributed by atoms with Crippen molar-refractivity contribution in [2.45, 2.75) is 12.5 Å². The molecule has 25 heavy (non-hydrogen) atoms. The third kappa shape index (κ3) is 3.49. The van der Waals surface area contributed by atoms with Gasteiger partial charge in [0, 0.05) is 18.1 Å². The maximum atomic E-state index is 9.72. The van der Waals surface area contributed by atoms with E-state index in [2.05, 4.69) is 36.4 Å². The van der Waals surface area contributed by atoms with Gasteiger partial charge in [0.15, 0.2) is 0 Å². The van der Waals surface area contributed by atoms with Gasteiger partial charge in [0.1, 0.15) is 0 Å². The first kappa shape index (κ1) is 19.3. The zero-order chi connectivity index (χ0) is 17.2. The summed E-state index contributed by atoms with van der Waals surface area (Å²) in [4.78, 5) is 1.96. The number of aliphatic hydroxyl groups is 2. The second-order valence-electron chi connectivity index (χ2n) is 6.42. The minimum absolute atomic E-state index is 0. The first-order chi connectivity index (χ1) is 11.6. The molecule has 0 heterocycles. The van der Waals surface area contributed by atoms with Crippen LogP contribution in [-0.4, -0.2) is 36.0 Å². The average Bonchev–Trinajstić information content (AvgIpc) is 2.66. The molecule has 4 heteroatoms. The second-order valence-corrected chi connectivity index (χ2v) is 6.42. The van der Waals surface area contributed by atoms with Crippen molar-refractivity contribution in [1.29, 1.82) is 0 Å². The summed E-state index contributed by atoms with van der Waals surface area (Å²) in [5, 5.41) is 21.7. The van der Waals surface area contributed by atoms with Crippen molar-refractivity contribution < 1.29 is 10.2 Å². The molecule has 0 aliphatic carbocycles. The van der Waals surface area contributed by atoms with Crippen molar-refractivity contribution >= 4 is 28.9 Å². The normalized spacial score (nSPS) is 11.2. The highest BCUT2D eigenvalue weighted by Gasteiger charge is 2.29. The van der Waals surface area contributed by atoms with Crippen LogP contribution in [0.15, 0.2) is 66.7 Å². The number of fused-ring (bicyclic) bond motifs is 1. The molecule has 3 nitrogen and oxygen atoms in total. The number of aliphatic hydroxyl groups excluding tert-OH is 2. The quantitative estimate of drug-likeness (QED) is 0.722. The predicted octanol–water partition coefficient (Wildman–Crippen LogP) is 4.11. The van der Waals surface area contributed by atoms with E-state index in [1.165, 1.54) is 11.1 Å². The van der Waals surface area contributed by atoms with Gasteiger partial charge in [0.05, 0.1) is 18.8 Å². The Morgan fingerprint density at radius 3 is 1.96 bits per heavy atom. The maximum Gasteiger partial charge on any atom is 0.0831 e. The molecule has 0 bridgehead atoms. The molecule has 0 unspecified atom stereocenters. The summed E-state index contributed by atoms with van der Waals surface area (Å²) in [7, 11) is 1.91. The first-order valence-electron chi connectivity index (χ1n) is 8.13. The Morgan fingerprint density at radius 2 is 1.36 bits per heavy atom. The zero-order valence-electron chi connectivity index (χ0n) is 14.5. The average molecular weight is 358 g/mol. The Labute approximate surface area is 154 Å². The lowest BCUT2D eigenvalue weighted by Gasteiger charge is -2.38. The molecule has 0 aliphatic rings. The summed E-state index contributed by atoms with van der Waals surface area (Å²) >= 11 is 0. The van der Waals surface area contributed by atoms with Crippen molar-refractivity contribution in [2.75, 3.05) is 25.2 Å². The third-order valence-corrected chi connectivity index (χ3v) is 4.84. The van der Waals surface area contributed by atoms with Crippen molar-refractivity contribution in [2.24, 2.45) is 0 Å². The van der Waals surface area contributed by atoms with Crippen LogP contribution in [0.4, 0.5) is 5.69 Å².